The van der Waals surface area contributed by atoms with Crippen LogP contribution in [0.25, 0.3) is 11.3 Å². The minimum atomic E-state index is -0.988. The summed E-state index contributed by atoms with van der Waals surface area (Å²) in [4.78, 5) is 11.5. The first-order valence-electron chi connectivity index (χ1n) is 6.57. The molecule has 1 aromatic carbocycles. The SMILES string of the molecule is NCCn1nc2c(c1C(=O)O)CCc1cc(O)c(Br)cc1-2. The summed E-state index contributed by atoms with van der Waals surface area (Å²) in [6.45, 7) is 0.691. The predicted molar refractivity (Wildman–Crippen MR) is 80.4 cm³/mol. The summed E-state index contributed by atoms with van der Waals surface area (Å²) < 4.78 is 2.03. The van der Waals surface area contributed by atoms with Gasteiger partial charge in [-0.2, -0.15) is 5.10 Å². The molecule has 0 aliphatic heterocycles. The zero-order valence-electron chi connectivity index (χ0n) is 11.1. The number of phenols is 1. The van der Waals surface area contributed by atoms with E-state index in [1.807, 2.05) is 0 Å². The number of carbonyl (C=O) groups is 1. The molecule has 4 N–H and O–H groups in total. The van der Waals surface area contributed by atoms with Crippen LogP contribution in [0.3, 0.4) is 0 Å². The van der Waals surface area contributed by atoms with Gasteiger partial charge in [0, 0.05) is 17.7 Å². The van der Waals surface area contributed by atoms with Gasteiger partial charge in [0.2, 0.25) is 0 Å². The summed E-state index contributed by atoms with van der Waals surface area (Å²) in [5.74, 6) is -0.810. The third-order valence-corrected chi connectivity index (χ3v) is 4.30. The van der Waals surface area contributed by atoms with Crippen molar-refractivity contribution >= 4 is 21.9 Å². The van der Waals surface area contributed by atoms with Crippen molar-refractivity contribution < 1.29 is 15.0 Å². The average Bonchev–Trinajstić information content (AvgIpc) is 2.79. The van der Waals surface area contributed by atoms with Gasteiger partial charge in [0.1, 0.15) is 11.4 Å². The van der Waals surface area contributed by atoms with Crippen LogP contribution < -0.4 is 5.73 Å². The maximum absolute atomic E-state index is 11.5. The number of carboxylic acids is 1. The van der Waals surface area contributed by atoms with Gasteiger partial charge >= 0.3 is 5.97 Å². The number of halogens is 1. The summed E-state index contributed by atoms with van der Waals surface area (Å²) in [6, 6.07) is 3.48. The number of benzene rings is 1. The van der Waals surface area contributed by atoms with E-state index in [0.717, 1.165) is 16.7 Å². The van der Waals surface area contributed by atoms with Crippen molar-refractivity contribution in [2.75, 3.05) is 6.54 Å². The molecule has 3 rings (SSSR count). The fourth-order valence-corrected chi connectivity index (χ4v) is 3.11. The second-order valence-corrected chi connectivity index (χ2v) is 5.81. The molecule has 0 atom stereocenters. The molecule has 6 nitrogen and oxygen atoms in total. The molecule has 0 amide bonds. The van der Waals surface area contributed by atoms with Crippen molar-refractivity contribution in [1.29, 1.82) is 0 Å². The number of hydrogen-bond donors (Lipinski definition) is 3. The topological polar surface area (TPSA) is 101 Å². The van der Waals surface area contributed by atoms with Crippen LogP contribution in [0.5, 0.6) is 5.75 Å². The summed E-state index contributed by atoms with van der Waals surface area (Å²) in [5.41, 5.74) is 8.98. The highest BCUT2D eigenvalue weighted by atomic mass is 79.9. The molecule has 110 valence electrons. The second kappa shape index (κ2) is 5.16. The number of phenolic OH excluding ortho intramolecular Hbond substituents is 1. The lowest BCUT2D eigenvalue weighted by Gasteiger charge is -2.16. The summed E-state index contributed by atoms with van der Waals surface area (Å²) in [7, 11) is 0. The zero-order chi connectivity index (χ0) is 15.1. The van der Waals surface area contributed by atoms with E-state index in [1.54, 1.807) is 12.1 Å². The molecule has 1 aliphatic carbocycles. The van der Waals surface area contributed by atoms with Crippen molar-refractivity contribution in [3.63, 3.8) is 0 Å². The number of aromatic carboxylic acids is 1. The number of nitrogens with zero attached hydrogens (tertiary/aromatic N) is 2. The summed E-state index contributed by atoms with van der Waals surface area (Å²) in [6.07, 6.45) is 1.27. The number of aromatic nitrogens is 2. The monoisotopic (exact) mass is 351 g/mol. The second-order valence-electron chi connectivity index (χ2n) is 4.95. The third kappa shape index (κ3) is 2.22. The van der Waals surface area contributed by atoms with Crippen LogP contribution in [-0.2, 0) is 19.4 Å². The van der Waals surface area contributed by atoms with E-state index < -0.39 is 5.97 Å². The van der Waals surface area contributed by atoms with Crippen LogP contribution in [0.15, 0.2) is 16.6 Å². The first-order valence-corrected chi connectivity index (χ1v) is 7.37. The molecule has 0 saturated heterocycles. The number of aromatic hydroxyl groups is 1. The van der Waals surface area contributed by atoms with Gasteiger partial charge in [0.05, 0.1) is 16.7 Å². The fraction of sp³-hybridized carbons (Fsp3) is 0.286. The predicted octanol–water partition coefficient (Wildman–Crippen LogP) is 1.77. The summed E-state index contributed by atoms with van der Waals surface area (Å²) in [5, 5.41) is 23.6. The number of nitrogens with two attached hydrogens (primary N) is 1. The molecule has 7 heteroatoms. The van der Waals surface area contributed by atoms with E-state index in [4.69, 9.17) is 5.73 Å². The van der Waals surface area contributed by atoms with Gasteiger partial charge in [0.15, 0.2) is 0 Å². The van der Waals surface area contributed by atoms with Gasteiger partial charge in [-0.25, -0.2) is 4.79 Å². The Labute approximate surface area is 129 Å². The quantitative estimate of drug-likeness (QED) is 0.782. The van der Waals surface area contributed by atoms with Gasteiger partial charge in [-0.05, 0) is 46.5 Å². The minimum absolute atomic E-state index is 0.178. The molecule has 2 aromatic rings. The highest BCUT2D eigenvalue weighted by molar-refractivity contribution is 9.10. The van der Waals surface area contributed by atoms with E-state index in [2.05, 4.69) is 21.0 Å². The smallest absolute Gasteiger partial charge is 0.354 e. The highest BCUT2D eigenvalue weighted by Crippen LogP contribution is 2.39. The molecule has 1 aliphatic rings. The van der Waals surface area contributed by atoms with Gasteiger partial charge in [0.25, 0.3) is 0 Å². The number of aryl methyl sites for hydroxylation is 1. The number of fused-ring (bicyclic) bond motifs is 3. The van der Waals surface area contributed by atoms with Gasteiger partial charge in [-0.1, -0.05) is 0 Å². The largest absolute Gasteiger partial charge is 0.507 e. The van der Waals surface area contributed by atoms with E-state index in [9.17, 15) is 15.0 Å². The van der Waals surface area contributed by atoms with Crippen molar-refractivity contribution in [2.45, 2.75) is 19.4 Å². The first-order chi connectivity index (χ1) is 10.0. The van der Waals surface area contributed by atoms with Crippen LogP contribution in [0.2, 0.25) is 0 Å². The van der Waals surface area contributed by atoms with Gasteiger partial charge in [-0.15, -0.1) is 0 Å². The molecule has 0 saturated carbocycles. The van der Waals surface area contributed by atoms with Gasteiger partial charge < -0.3 is 15.9 Å². The standard InChI is InChI=1S/C14H14BrN3O3/c15-10-6-9-7(5-11(10)19)1-2-8-12(9)17-18(4-3-16)13(8)14(20)21/h5-6,19H,1-4,16H2,(H,20,21). The lowest BCUT2D eigenvalue weighted by Crippen LogP contribution is -2.17. The molecule has 1 aromatic heterocycles. The first kappa shape index (κ1) is 14.1. The highest BCUT2D eigenvalue weighted by Gasteiger charge is 2.28. The molecular weight excluding hydrogens is 338 g/mol. The van der Waals surface area contributed by atoms with E-state index in [-0.39, 0.29) is 11.4 Å². The van der Waals surface area contributed by atoms with Gasteiger partial charge in [-0.3, -0.25) is 4.68 Å². The Morgan fingerprint density at radius 3 is 2.86 bits per heavy atom. The molecule has 0 fully saturated rings. The Bertz CT molecular complexity index is 740. The molecular formula is C14H14BrN3O3. The maximum atomic E-state index is 11.5. The minimum Gasteiger partial charge on any atom is -0.507 e. The van der Waals surface area contributed by atoms with E-state index in [1.165, 1.54) is 4.68 Å². The van der Waals surface area contributed by atoms with Crippen LogP contribution in [0.4, 0.5) is 0 Å². The number of carboxylic acid groups (broad SMARTS) is 1. The van der Waals surface area contributed by atoms with Crippen LogP contribution >= 0.6 is 15.9 Å². The van der Waals surface area contributed by atoms with E-state index in [0.29, 0.717) is 36.1 Å². The van der Waals surface area contributed by atoms with Crippen molar-refractivity contribution in [3.05, 3.63) is 33.4 Å². The molecule has 21 heavy (non-hydrogen) atoms. The van der Waals surface area contributed by atoms with E-state index >= 15 is 0 Å². The van der Waals surface area contributed by atoms with Crippen molar-refractivity contribution in [1.82, 2.24) is 9.78 Å². The van der Waals surface area contributed by atoms with Crippen LogP contribution in [0, 0.1) is 0 Å². The third-order valence-electron chi connectivity index (χ3n) is 3.67. The molecule has 1 heterocycles. The lowest BCUT2D eigenvalue weighted by atomic mass is 9.89. The average molecular weight is 352 g/mol. The lowest BCUT2D eigenvalue weighted by molar-refractivity contribution is 0.0682. The number of rotatable bonds is 3. The Morgan fingerprint density at radius 2 is 2.19 bits per heavy atom. The van der Waals surface area contributed by atoms with Crippen molar-refractivity contribution in [2.24, 2.45) is 5.73 Å². The Morgan fingerprint density at radius 1 is 1.43 bits per heavy atom. The normalized spacial score (nSPS) is 12.9. The van der Waals surface area contributed by atoms with Crippen LogP contribution in [0.1, 0.15) is 21.6 Å². The fourth-order valence-electron chi connectivity index (χ4n) is 2.77. The Balaban J connectivity index is 2.23. The molecule has 0 bridgehead atoms. The molecule has 0 unspecified atom stereocenters. The summed E-state index contributed by atoms with van der Waals surface area (Å²) >= 11 is 3.29. The van der Waals surface area contributed by atoms with Crippen LogP contribution in [-0.4, -0.2) is 32.5 Å². The maximum Gasteiger partial charge on any atom is 0.354 e. The molecule has 0 radical (unpaired) electrons. The Kier molecular flexibility index (Phi) is 3.46. The zero-order valence-corrected chi connectivity index (χ0v) is 12.7. The molecule has 0 spiro atoms. The number of hydrogen-bond acceptors (Lipinski definition) is 4. The van der Waals surface area contributed by atoms with Crippen molar-refractivity contribution in [3.8, 4) is 17.0 Å². The Hall–Kier alpha value is -1.86.